The molecule has 3 rings (SSSR count). The average molecular weight is 464 g/mol. The van der Waals surface area contributed by atoms with Crippen molar-refractivity contribution in [2.24, 2.45) is 0 Å². The molecule has 1 N–H and O–H groups in total. The fraction of sp³-hybridized carbons (Fsp3) is 0.409. The molecule has 2 aliphatic rings. The van der Waals surface area contributed by atoms with E-state index in [1.807, 2.05) is 6.92 Å². The van der Waals surface area contributed by atoms with E-state index in [2.05, 4.69) is 87.9 Å². The number of benzene rings is 1. The van der Waals surface area contributed by atoms with E-state index in [0.717, 1.165) is 16.7 Å². The van der Waals surface area contributed by atoms with Crippen molar-refractivity contribution in [2.45, 2.75) is 32.3 Å². The normalized spacial score (nSPS) is 18.5. The topological polar surface area (TPSA) is 26.5 Å². The van der Waals surface area contributed by atoms with Crippen molar-refractivity contribution in [2.75, 3.05) is 33.1 Å². The third kappa shape index (κ3) is 3.29. The molecule has 0 fully saturated rings. The standard InChI is InChI=1S/C22H29N2O.HI/c1-14(25)21-17-10-8-15(23(4)5)12-19(17)22(2,3)20-13-16(24(6)7)9-11-18(20)21;/h8-14,25H,1-7H3;1H/q+1;/p-1. The van der Waals surface area contributed by atoms with Gasteiger partial charge in [0, 0.05) is 37.3 Å². The van der Waals surface area contributed by atoms with Crippen molar-refractivity contribution in [3.05, 3.63) is 58.7 Å². The highest BCUT2D eigenvalue weighted by Crippen LogP contribution is 2.49. The molecular weight excluding hydrogens is 435 g/mol. The van der Waals surface area contributed by atoms with Crippen LogP contribution in [0.4, 0.5) is 5.69 Å². The number of hydrogen-bond acceptors (Lipinski definition) is 2. The number of aliphatic hydroxyl groups is 1. The molecule has 0 aliphatic heterocycles. The number of halogens is 1. The molecule has 3 nitrogen and oxygen atoms in total. The smallest absolute Gasteiger partial charge is 0.199 e. The van der Waals surface area contributed by atoms with Gasteiger partial charge in [0.2, 0.25) is 0 Å². The molecule has 1 atom stereocenters. The van der Waals surface area contributed by atoms with Crippen LogP contribution in [0.3, 0.4) is 0 Å². The average Bonchev–Trinajstić information content (AvgIpc) is 2.54. The van der Waals surface area contributed by atoms with Crippen molar-refractivity contribution in [1.29, 1.82) is 0 Å². The lowest BCUT2D eigenvalue weighted by atomic mass is 9.64. The zero-order valence-corrected chi connectivity index (χ0v) is 18.9. The summed E-state index contributed by atoms with van der Waals surface area (Å²) in [7, 11) is 8.26. The van der Waals surface area contributed by atoms with Crippen LogP contribution in [0.2, 0.25) is 0 Å². The quantitative estimate of drug-likeness (QED) is 0.507. The highest BCUT2D eigenvalue weighted by atomic mass is 127. The van der Waals surface area contributed by atoms with Crippen molar-refractivity contribution >= 4 is 17.0 Å². The van der Waals surface area contributed by atoms with Gasteiger partial charge in [-0.15, -0.1) is 0 Å². The fourth-order valence-electron chi connectivity index (χ4n) is 3.86. The van der Waals surface area contributed by atoms with Gasteiger partial charge in [-0.05, 0) is 53.0 Å². The monoisotopic (exact) mass is 464 g/mol. The van der Waals surface area contributed by atoms with Gasteiger partial charge in [-0.3, -0.25) is 0 Å². The predicted molar refractivity (Wildman–Crippen MR) is 107 cm³/mol. The van der Waals surface area contributed by atoms with Crippen LogP contribution in [-0.2, 0) is 5.41 Å². The first-order valence-electron chi connectivity index (χ1n) is 8.84. The Hall–Kier alpha value is -1.40. The molecule has 0 saturated heterocycles. The number of fused-ring (bicyclic) bond motifs is 2. The zero-order valence-electron chi connectivity index (χ0n) is 16.8. The van der Waals surface area contributed by atoms with Crippen molar-refractivity contribution in [3.63, 3.8) is 0 Å². The number of aliphatic hydroxyl groups excluding tert-OH is 1. The maximum absolute atomic E-state index is 10.5. The van der Waals surface area contributed by atoms with Gasteiger partial charge in [0.25, 0.3) is 0 Å². The molecular formula is C22H29IN2O. The van der Waals surface area contributed by atoms with Gasteiger partial charge >= 0.3 is 0 Å². The molecule has 2 aliphatic carbocycles. The first-order chi connectivity index (χ1) is 11.6. The molecule has 1 aromatic carbocycles. The summed E-state index contributed by atoms with van der Waals surface area (Å²) < 4.78 is 2.13. The number of anilines is 1. The Morgan fingerprint density at radius 2 is 1.77 bits per heavy atom. The van der Waals surface area contributed by atoms with Crippen LogP contribution in [0, 0.1) is 0 Å². The maximum Gasteiger partial charge on any atom is 0.199 e. The Kier molecular flexibility index (Phi) is 5.88. The summed E-state index contributed by atoms with van der Waals surface area (Å²) in [5.74, 6) is 0. The molecule has 26 heavy (non-hydrogen) atoms. The van der Waals surface area contributed by atoms with Crippen LogP contribution in [0.1, 0.15) is 31.9 Å². The van der Waals surface area contributed by atoms with Crippen LogP contribution in [-0.4, -0.2) is 49.7 Å². The minimum Gasteiger partial charge on any atom is -1.00 e. The molecule has 1 unspecified atom stereocenters. The minimum absolute atomic E-state index is 0. The van der Waals surface area contributed by atoms with E-state index in [4.69, 9.17) is 0 Å². The molecule has 0 saturated carbocycles. The van der Waals surface area contributed by atoms with E-state index in [0.29, 0.717) is 0 Å². The van der Waals surface area contributed by atoms with Crippen molar-refractivity contribution in [1.82, 2.24) is 0 Å². The van der Waals surface area contributed by atoms with Crippen molar-refractivity contribution in [3.8, 4) is 0 Å². The van der Waals surface area contributed by atoms with Gasteiger partial charge in [-0.25, -0.2) is 4.58 Å². The summed E-state index contributed by atoms with van der Waals surface area (Å²) in [5.41, 5.74) is 8.15. The molecule has 0 aromatic heterocycles. The molecule has 0 radical (unpaired) electrons. The van der Waals surface area contributed by atoms with Gasteiger partial charge in [0.05, 0.1) is 6.10 Å². The van der Waals surface area contributed by atoms with Gasteiger partial charge in [0.1, 0.15) is 14.1 Å². The highest BCUT2D eigenvalue weighted by Gasteiger charge is 2.39. The van der Waals surface area contributed by atoms with E-state index in [1.165, 1.54) is 22.5 Å². The third-order valence-corrected chi connectivity index (χ3v) is 5.38. The summed E-state index contributed by atoms with van der Waals surface area (Å²) in [5, 5.41) is 10.5. The van der Waals surface area contributed by atoms with Crippen LogP contribution in [0.5, 0.6) is 0 Å². The van der Waals surface area contributed by atoms with Crippen LogP contribution in [0.15, 0.2) is 47.6 Å². The highest BCUT2D eigenvalue weighted by molar-refractivity contribution is 6.05. The Bertz CT molecular complexity index is 851. The zero-order chi connectivity index (χ0) is 18.5. The first kappa shape index (κ1) is 20.9. The summed E-state index contributed by atoms with van der Waals surface area (Å²) >= 11 is 0. The van der Waals surface area contributed by atoms with E-state index in [1.54, 1.807) is 0 Å². The van der Waals surface area contributed by atoms with Crippen LogP contribution < -0.4 is 28.9 Å². The third-order valence-electron chi connectivity index (χ3n) is 5.38. The van der Waals surface area contributed by atoms with Gasteiger partial charge in [-0.1, -0.05) is 19.9 Å². The Balaban J connectivity index is 0.00000243. The Labute approximate surface area is 174 Å². The molecule has 1 aromatic rings. The number of hydrogen-bond donors (Lipinski definition) is 1. The maximum atomic E-state index is 10.5. The second-order valence-electron chi connectivity index (χ2n) is 7.96. The van der Waals surface area contributed by atoms with Crippen LogP contribution in [0.25, 0.3) is 5.57 Å². The Morgan fingerprint density at radius 3 is 2.31 bits per heavy atom. The predicted octanol–water partition coefficient (Wildman–Crippen LogP) is 0.392. The molecule has 0 heterocycles. The largest absolute Gasteiger partial charge is 1.00 e. The van der Waals surface area contributed by atoms with E-state index in [9.17, 15) is 5.11 Å². The molecule has 140 valence electrons. The van der Waals surface area contributed by atoms with Crippen molar-refractivity contribution < 1.29 is 33.7 Å². The number of nitrogens with zero attached hydrogens (tertiary/aromatic N) is 2. The lowest BCUT2D eigenvalue weighted by molar-refractivity contribution is -0.462. The summed E-state index contributed by atoms with van der Waals surface area (Å²) in [6.07, 6.45) is 6.06. The van der Waals surface area contributed by atoms with E-state index in [-0.39, 0.29) is 29.4 Å². The lowest BCUT2D eigenvalue weighted by Gasteiger charge is -2.40. The van der Waals surface area contributed by atoms with Gasteiger partial charge in [0.15, 0.2) is 5.71 Å². The second kappa shape index (κ2) is 7.31. The SMILES string of the molecule is CC(O)C1=C2C=CC(=[N+](C)C)C=C2C(C)(C)c2cc(N(C)C)ccc21.[I-]. The molecule has 0 amide bonds. The van der Waals surface area contributed by atoms with Gasteiger partial charge < -0.3 is 34.0 Å². The number of rotatable bonds is 2. The molecule has 0 spiro atoms. The Morgan fingerprint density at radius 1 is 1.12 bits per heavy atom. The van der Waals surface area contributed by atoms with E-state index < -0.39 is 6.10 Å². The fourth-order valence-corrected chi connectivity index (χ4v) is 3.86. The van der Waals surface area contributed by atoms with E-state index >= 15 is 0 Å². The second-order valence-corrected chi connectivity index (χ2v) is 7.96. The minimum atomic E-state index is -0.510. The first-order valence-corrected chi connectivity index (χ1v) is 8.84. The number of allylic oxidation sites excluding steroid dienone is 5. The molecule has 0 bridgehead atoms. The summed E-state index contributed by atoms with van der Waals surface area (Å²) in [6, 6.07) is 6.57. The van der Waals surface area contributed by atoms with Crippen LogP contribution >= 0.6 is 0 Å². The summed E-state index contributed by atoms with van der Waals surface area (Å²) in [4.78, 5) is 2.13. The lowest BCUT2D eigenvalue weighted by Crippen LogP contribution is -3.00. The summed E-state index contributed by atoms with van der Waals surface area (Å²) in [6.45, 7) is 6.42. The molecule has 4 heteroatoms. The van der Waals surface area contributed by atoms with Gasteiger partial charge in [-0.2, -0.15) is 0 Å².